The molecule has 0 unspecified atom stereocenters. The number of carbonyl (C=O) groups is 2. The quantitative estimate of drug-likeness (QED) is 0.713. The first kappa shape index (κ1) is 17.9. The van der Waals surface area contributed by atoms with Crippen LogP contribution in [0.25, 0.3) is 17.1 Å². The topological polar surface area (TPSA) is 103 Å². The molecule has 28 heavy (non-hydrogen) atoms. The van der Waals surface area contributed by atoms with Gasteiger partial charge in [0.15, 0.2) is 5.82 Å². The van der Waals surface area contributed by atoms with Crippen molar-refractivity contribution in [1.82, 2.24) is 20.1 Å². The first-order chi connectivity index (χ1) is 13.5. The molecule has 142 valence electrons. The van der Waals surface area contributed by atoms with Crippen LogP contribution in [0.15, 0.2) is 48.5 Å². The van der Waals surface area contributed by atoms with E-state index < -0.39 is 5.91 Å². The van der Waals surface area contributed by atoms with Crippen LogP contribution in [0.5, 0.6) is 0 Å². The second-order valence-electron chi connectivity index (χ2n) is 7.05. The standard InChI is InChI=1S/C21H21N5O2/c1-13-3-2-4-17(11-13)26-18(12-16-9-10-19(27)23-16)24-21(25-26)15-7-5-14(6-8-15)20(22)28/h2-8,11,16H,9-10,12H2,1H3,(H2,22,28)(H,23,27)/t16-/m1/s1. The van der Waals surface area contributed by atoms with Crippen molar-refractivity contribution < 1.29 is 9.59 Å². The Morgan fingerprint density at radius 2 is 2.04 bits per heavy atom. The lowest BCUT2D eigenvalue weighted by Crippen LogP contribution is -2.28. The summed E-state index contributed by atoms with van der Waals surface area (Å²) in [6.45, 7) is 2.03. The van der Waals surface area contributed by atoms with Crippen molar-refractivity contribution >= 4 is 11.8 Å². The molecule has 1 aliphatic heterocycles. The van der Waals surface area contributed by atoms with Crippen LogP contribution in [0, 0.1) is 6.92 Å². The number of nitrogens with one attached hydrogen (secondary N) is 1. The van der Waals surface area contributed by atoms with E-state index in [2.05, 4.69) is 5.32 Å². The summed E-state index contributed by atoms with van der Waals surface area (Å²) in [6, 6.07) is 15.0. The molecule has 1 fully saturated rings. The molecule has 7 heteroatoms. The smallest absolute Gasteiger partial charge is 0.248 e. The summed E-state index contributed by atoms with van der Waals surface area (Å²) in [4.78, 5) is 27.6. The number of primary amides is 1. The van der Waals surface area contributed by atoms with E-state index in [1.165, 1.54) is 0 Å². The molecule has 2 amide bonds. The molecule has 1 saturated heterocycles. The number of aromatic nitrogens is 3. The summed E-state index contributed by atoms with van der Waals surface area (Å²) >= 11 is 0. The average molecular weight is 375 g/mol. The van der Waals surface area contributed by atoms with Gasteiger partial charge in [0.05, 0.1) is 5.69 Å². The third kappa shape index (κ3) is 3.64. The van der Waals surface area contributed by atoms with Gasteiger partial charge in [0.1, 0.15) is 5.82 Å². The second-order valence-corrected chi connectivity index (χ2v) is 7.05. The number of hydrogen-bond donors (Lipinski definition) is 2. The van der Waals surface area contributed by atoms with Gasteiger partial charge in [-0.2, -0.15) is 0 Å². The van der Waals surface area contributed by atoms with Gasteiger partial charge in [-0.3, -0.25) is 9.59 Å². The van der Waals surface area contributed by atoms with E-state index in [0.717, 1.165) is 29.1 Å². The van der Waals surface area contributed by atoms with Gasteiger partial charge >= 0.3 is 0 Å². The molecule has 0 saturated carbocycles. The van der Waals surface area contributed by atoms with E-state index >= 15 is 0 Å². The predicted octanol–water partition coefficient (Wildman–Crippen LogP) is 2.16. The molecule has 1 atom stereocenters. The van der Waals surface area contributed by atoms with Crippen molar-refractivity contribution in [2.75, 3.05) is 0 Å². The molecule has 0 aliphatic carbocycles. The molecule has 3 N–H and O–H groups in total. The summed E-state index contributed by atoms with van der Waals surface area (Å²) in [7, 11) is 0. The zero-order chi connectivity index (χ0) is 19.7. The van der Waals surface area contributed by atoms with Crippen molar-refractivity contribution in [2.45, 2.75) is 32.2 Å². The van der Waals surface area contributed by atoms with Crippen LogP contribution >= 0.6 is 0 Å². The van der Waals surface area contributed by atoms with E-state index in [9.17, 15) is 9.59 Å². The Morgan fingerprint density at radius 1 is 1.25 bits per heavy atom. The number of hydrogen-bond acceptors (Lipinski definition) is 4. The summed E-state index contributed by atoms with van der Waals surface area (Å²) in [6.07, 6.45) is 1.94. The second kappa shape index (κ2) is 7.26. The molecule has 3 aromatic rings. The summed E-state index contributed by atoms with van der Waals surface area (Å²) < 4.78 is 1.83. The summed E-state index contributed by atoms with van der Waals surface area (Å²) in [5, 5.41) is 7.69. The molecule has 2 heterocycles. The van der Waals surface area contributed by atoms with Crippen LogP contribution in [0.3, 0.4) is 0 Å². The average Bonchev–Trinajstić information content (AvgIpc) is 3.28. The van der Waals surface area contributed by atoms with E-state index in [1.807, 2.05) is 35.9 Å². The first-order valence-electron chi connectivity index (χ1n) is 9.22. The highest BCUT2D eigenvalue weighted by molar-refractivity contribution is 5.93. The third-order valence-electron chi connectivity index (χ3n) is 4.86. The molecule has 1 aromatic heterocycles. The Morgan fingerprint density at radius 3 is 2.68 bits per heavy atom. The maximum absolute atomic E-state index is 11.6. The lowest BCUT2D eigenvalue weighted by molar-refractivity contribution is -0.119. The fourth-order valence-corrected chi connectivity index (χ4v) is 3.40. The predicted molar refractivity (Wildman–Crippen MR) is 105 cm³/mol. The number of nitrogens with zero attached hydrogens (tertiary/aromatic N) is 3. The minimum atomic E-state index is -0.470. The number of aryl methyl sites for hydroxylation is 1. The van der Waals surface area contributed by atoms with Gasteiger partial charge in [-0.15, -0.1) is 5.10 Å². The Hall–Kier alpha value is -3.48. The molecule has 0 bridgehead atoms. The molecule has 0 radical (unpaired) electrons. The van der Waals surface area contributed by atoms with Crippen molar-refractivity contribution in [2.24, 2.45) is 5.73 Å². The number of nitrogens with two attached hydrogens (primary N) is 1. The van der Waals surface area contributed by atoms with Gasteiger partial charge in [-0.1, -0.05) is 24.3 Å². The van der Waals surface area contributed by atoms with Crippen molar-refractivity contribution in [1.29, 1.82) is 0 Å². The molecule has 7 nitrogen and oxygen atoms in total. The molecule has 1 aliphatic rings. The molecular weight excluding hydrogens is 354 g/mol. The maximum atomic E-state index is 11.6. The minimum Gasteiger partial charge on any atom is -0.366 e. The van der Waals surface area contributed by atoms with Crippen LogP contribution in [0.4, 0.5) is 0 Å². The highest BCUT2D eigenvalue weighted by Gasteiger charge is 2.24. The number of rotatable bonds is 5. The van der Waals surface area contributed by atoms with Crippen LogP contribution in [0.2, 0.25) is 0 Å². The van der Waals surface area contributed by atoms with E-state index in [4.69, 9.17) is 15.8 Å². The van der Waals surface area contributed by atoms with Gasteiger partial charge in [-0.05, 0) is 43.2 Å². The van der Waals surface area contributed by atoms with Crippen LogP contribution in [-0.4, -0.2) is 32.6 Å². The van der Waals surface area contributed by atoms with E-state index in [0.29, 0.717) is 24.2 Å². The lowest BCUT2D eigenvalue weighted by atomic mass is 10.1. The van der Waals surface area contributed by atoms with Gasteiger partial charge in [0.25, 0.3) is 0 Å². The largest absolute Gasteiger partial charge is 0.366 e. The van der Waals surface area contributed by atoms with Crippen molar-refractivity contribution in [3.05, 3.63) is 65.5 Å². The fourth-order valence-electron chi connectivity index (χ4n) is 3.40. The first-order valence-corrected chi connectivity index (χ1v) is 9.22. The summed E-state index contributed by atoms with van der Waals surface area (Å²) in [5.41, 5.74) is 8.60. The maximum Gasteiger partial charge on any atom is 0.248 e. The molecule has 4 rings (SSSR count). The van der Waals surface area contributed by atoms with E-state index in [-0.39, 0.29) is 11.9 Å². The van der Waals surface area contributed by atoms with Gasteiger partial charge in [-0.25, -0.2) is 9.67 Å². The third-order valence-corrected chi connectivity index (χ3v) is 4.86. The molecular formula is C21H21N5O2. The van der Waals surface area contributed by atoms with Crippen molar-refractivity contribution in [3.8, 4) is 17.1 Å². The van der Waals surface area contributed by atoms with Gasteiger partial charge < -0.3 is 11.1 Å². The highest BCUT2D eigenvalue weighted by Crippen LogP contribution is 2.22. The normalized spacial score (nSPS) is 16.2. The summed E-state index contributed by atoms with van der Waals surface area (Å²) in [5.74, 6) is 0.958. The zero-order valence-electron chi connectivity index (χ0n) is 15.6. The van der Waals surface area contributed by atoms with Crippen molar-refractivity contribution in [3.63, 3.8) is 0 Å². The molecule has 0 spiro atoms. The van der Waals surface area contributed by atoms with Gasteiger partial charge in [0.2, 0.25) is 11.8 Å². The number of amides is 2. The van der Waals surface area contributed by atoms with Gasteiger partial charge in [0, 0.05) is 30.0 Å². The number of carbonyl (C=O) groups excluding carboxylic acids is 2. The fraction of sp³-hybridized carbons (Fsp3) is 0.238. The Kier molecular flexibility index (Phi) is 4.65. The highest BCUT2D eigenvalue weighted by atomic mass is 16.2. The Labute approximate surface area is 162 Å². The lowest BCUT2D eigenvalue weighted by Gasteiger charge is -2.11. The SMILES string of the molecule is Cc1cccc(-n2nc(-c3ccc(C(N)=O)cc3)nc2C[C@H]2CCC(=O)N2)c1. The Balaban J connectivity index is 1.72. The minimum absolute atomic E-state index is 0.0605. The number of benzene rings is 2. The monoisotopic (exact) mass is 375 g/mol. The molecule has 2 aromatic carbocycles. The van der Waals surface area contributed by atoms with Crippen LogP contribution in [0.1, 0.15) is 34.6 Å². The van der Waals surface area contributed by atoms with E-state index in [1.54, 1.807) is 24.3 Å². The van der Waals surface area contributed by atoms with Crippen LogP contribution < -0.4 is 11.1 Å². The zero-order valence-corrected chi connectivity index (χ0v) is 15.6. The Bertz CT molecular complexity index is 1040. The van der Waals surface area contributed by atoms with Crippen LogP contribution in [-0.2, 0) is 11.2 Å².